The number of ether oxygens (including phenoxy) is 2. The molecule has 0 radical (unpaired) electrons. The van der Waals surface area contributed by atoms with E-state index in [1.165, 1.54) is 4.88 Å². The average molecular weight is 287 g/mol. The van der Waals surface area contributed by atoms with Gasteiger partial charge < -0.3 is 19.7 Å². The highest BCUT2D eigenvalue weighted by Gasteiger charge is 2.11. The van der Waals surface area contributed by atoms with Crippen molar-refractivity contribution in [1.82, 2.24) is 10.3 Å². The fourth-order valence-electron chi connectivity index (χ4n) is 1.64. The Hall–Kier alpha value is -0.690. The zero-order valence-electron chi connectivity index (χ0n) is 12.1. The molecule has 1 heterocycles. The Morgan fingerprint density at radius 3 is 2.37 bits per heavy atom. The number of hydrogen-bond acceptors (Lipinski definition) is 6. The Morgan fingerprint density at radius 1 is 1.21 bits per heavy atom. The molecule has 0 bridgehead atoms. The fourth-order valence-corrected chi connectivity index (χ4v) is 2.61. The van der Waals surface area contributed by atoms with Gasteiger partial charge in [0, 0.05) is 43.9 Å². The van der Waals surface area contributed by atoms with Crippen LogP contribution in [0.25, 0.3) is 0 Å². The molecule has 0 aromatic carbocycles. The summed E-state index contributed by atoms with van der Waals surface area (Å²) in [6.45, 7) is 9.55. The molecule has 0 aliphatic carbocycles. The van der Waals surface area contributed by atoms with Crippen LogP contribution in [0.1, 0.15) is 18.7 Å². The highest BCUT2D eigenvalue weighted by atomic mass is 32.1. The van der Waals surface area contributed by atoms with E-state index in [4.69, 9.17) is 9.47 Å². The Balaban J connectivity index is 2.53. The minimum atomic E-state index is 0.726. The van der Waals surface area contributed by atoms with Gasteiger partial charge in [0.2, 0.25) is 0 Å². The first-order chi connectivity index (χ1) is 9.31. The molecule has 0 aliphatic heterocycles. The van der Waals surface area contributed by atoms with Crippen LogP contribution in [0.2, 0.25) is 0 Å². The average Bonchev–Trinajstić information content (AvgIpc) is 2.86. The van der Waals surface area contributed by atoms with Crippen LogP contribution < -0.4 is 10.2 Å². The van der Waals surface area contributed by atoms with Gasteiger partial charge in [-0.15, -0.1) is 11.3 Å². The van der Waals surface area contributed by atoms with Gasteiger partial charge in [-0.3, -0.25) is 0 Å². The lowest BCUT2D eigenvalue weighted by Gasteiger charge is -2.21. The third-order valence-electron chi connectivity index (χ3n) is 2.58. The summed E-state index contributed by atoms with van der Waals surface area (Å²) in [6, 6.07) is 0. The molecular weight excluding hydrogens is 262 g/mol. The number of rotatable bonds is 11. The predicted molar refractivity (Wildman–Crippen MR) is 80.1 cm³/mol. The van der Waals surface area contributed by atoms with E-state index < -0.39 is 0 Å². The molecule has 1 rings (SSSR count). The van der Waals surface area contributed by atoms with Crippen molar-refractivity contribution in [2.45, 2.75) is 20.4 Å². The van der Waals surface area contributed by atoms with E-state index in [-0.39, 0.29) is 0 Å². The molecular formula is C13H25N3O2S. The van der Waals surface area contributed by atoms with Crippen LogP contribution in [0.15, 0.2) is 6.20 Å². The lowest BCUT2D eigenvalue weighted by molar-refractivity contribution is 0.141. The highest BCUT2D eigenvalue weighted by molar-refractivity contribution is 7.15. The first-order valence-corrected chi connectivity index (χ1v) is 7.63. The molecule has 0 aliphatic rings. The summed E-state index contributed by atoms with van der Waals surface area (Å²) in [4.78, 5) is 7.96. The minimum absolute atomic E-state index is 0.726. The van der Waals surface area contributed by atoms with E-state index in [0.29, 0.717) is 0 Å². The summed E-state index contributed by atoms with van der Waals surface area (Å²) in [7, 11) is 1.95. The molecule has 0 unspecified atom stereocenters. The lowest BCUT2D eigenvalue weighted by atomic mass is 10.5. The molecule has 1 N–H and O–H groups in total. The Labute approximate surface area is 119 Å². The van der Waals surface area contributed by atoms with Crippen LogP contribution >= 0.6 is 11.3 Å². The van der Waals surface area contributed by atoms with Crippen molar-refractivity contribution >= 4 is 16.5 Å². The van der Waals surface area contributed by atoms with Crippen LogP contribution in [0, 0.1) is 0 Å². The first kappa shape index (κ1) is 16.4. The van der Waals surface area contributed by atoms with Gasteiger partial charge in [0.15, 0.2) is 5.13 Å². The van der Waals surface area contributed by atoms with Gasteiger partial charge in [-0.25, -0.2) is 4.98 Å². The summed E-state index contributed by atoms with van der Waals surface area (Å²) in [5.74, 6) is 0. The summed E-state index contributed by atoms with van der Waals surface area (Å²) in [6.07, 6.45) is 1.94. The summed E-state index contributed by atoms with van der Waals surface area (Å²) in [5.41, 5.74) is 0. The maximum Gasteiger partial charge on any atom is 0.185 e. The van der Waals surface area contributed by atoms with Crippen LogP contribution in [0.4, 0.5) is 5.13 Å². The van der Waals surface area contributed by atoms with Crippen molar-refractivity contribution < 1.29 is 9.47 Å². The van der Waals surface area contributed by atoms with Crippen LogP contribution in [-0.2, 0) is 16.0 Å². The normalized spacial score (nSPS) is 10.9. The third kappa shape index (κ3) is 6.33. The lowest BCUT2D eigenvalue weighted by Crippen LogP contribution is -2.31. The van der Waals surface area contributed by atoms with Crippen molar-refractivity contribution in [2.24, 2.45) is 0 Å². The second-order valence-corrected chi connectivity index (χ2v) is 5.11. The van der Waals surface area contributed by atoms with E-state index in [1.807, 2.05) is 27.1 Å². The Bertz CT molecular complexity index is 323. The molecule has 0 spiro atoms. The maximum absolute atomic E-state index is 5.43. The van der Waals surface area contributed by atoms with Crippen molar-refractivity contribution in [1.29, 1.82) is 0 Å². The largest absolute Gasteiger partial charge is 0.380 e. The number of thiazole rings is 1. The molecule has 110 valence electrons. The molecule has 0 saturated carbocycles. The molecule has 19 heavy (non-hydrogen) atoms. The second-order valence-electron chi connectivity index (χ2n) is 4.02. The van der Waals surface area contributed by atoms with Crippen LogP contribution in [0.5, 0.6) is 0 Å². The smallest absolute Gasteiger partial charge is 0.185 e. The van der Waals surface area contributed by atoms with Crippen molar-refractivity contribution in [2.75, 3.05) is 51.5 Å². The van der Waals surface area contributed by atoms with Crippen LogP contribution in [-0.4, -0.2) is 51.5 Å². The van der Waals surface area contributed by atoms with Gasteiger partial charge >= 0.3 is 0 Å². The number of nitrogens with one attached hydrogen (secondary N) is 1. The topological polar surface area (TPSA) is 46.6 Å². The van der Waals surface area contributed by atoms with E-state index in [0.717, 1.165) is 51.2 Å². The first-order valence-electron chi connectivity index (χ1n) is 6.81. The fraction of sp³-hybridized carbons (Fsp3) is 0.769. The Kier molecular flexibility index (Phi) is 8.73. The van der Waals surface area contributed by atoms with E-state index in [9.17, 15) is 0 Å². The predicted octanol–water partition coefficient (Wildman–Crippen LogP) is 1.74. The monoisotopic (exact) mass is 287 g/mol. The van der Waals surface area contributed by atoms with E-state index in [1.54, 1.807) is 11.3 Å². The summed E-state index contributed by atoms with van der Waals surface area (Å²) >= 11 is 1.72. The standard InChI is InChI=1S/C13H25N3O2S/c1-4-17-8-6-16(7-9-18-5-2)13-15-11-12(19-13)10-14-3/h11,14H,4-10H2,1-3H3. The van der Waals surface area contributed by atoms with Crippen molar-refractivity contribution in [3.8, 4) is 0 Å². The maximum atomic E-state index is 5.43. The van der Waals surface area contributed by atoms with Gasteiger partial charge in [-0.1, -0.05) is 0 Å². The highest BCUT2D eigenvalue weighted by Crippen LogP contribution is 2.22. The molecule has 0 atom stereocenters. The third-order valence-corrected chi connectivity index (χ3v) is 3.64. The molecule has 0 fully saturated rings. The second kappa shape index (κ2) is 10.1. The number of hydrogen-bond donors (Lipinski definition) is 1. The Morgan fingerprint density at radius 2 is 1.84 bits per heavy atom. The SMILES string of the molecule is CCOCCN(CCOCC)c1ncc(CNC)s1. The van der Waals surface area contributed by atoms with Gasteiger partial charge in [0.25, 0.3) is 0 Å². The van der Waals surface area contributed by atoms with Gasteiger partial charge in [-0.05, 0) is 20.9 Å². The molecule has 1 aromatic rings. The summed E-state index contributed by atoms with van der Waals surface area (Å²) in [5, 5.41) is 4.19. The number of aromatic nitrogens is 1. The van der Waals surface area contributed by atoms with Gasteiger partial charge in [-0.2, -0.15) is 0 Å². The van der Waals surface area contributed by atoms with Crippen molar-refractivity contribution in [3.05, 3.63) is 11.1 Å². The molecule has 6 heteroatoms. The molecule has 0 amide bonds. The van der Waals surface area contributed by atoms with Gasteiger partial charge in [0.1, 0.15) is 0 Å². The molecule has 0 saturated heterocycles. The minimum Gasteiger partial charge on any atom is -0.380 e. The van der Waals surface area contributed by atoms with E-state index in [2.05, 4.69) is 15.2 Å². The van der Waals surface area contributed by atoms with Crippen molar-refractivity contribution in [3.63, 3.8) is 0 Å². The quantitative estimate of drug-likeness (QED) is 0.628. The molecule has 5 nitrogen and oxygen atoms in total. The zero-order valence-corrected chi connectivity index (χ0v) is 13.0. The van der Waals surface area contributed by atoms with E-state index >= 15 is 0 Å². The molecule has 1 aromatic heterocycles. The number of nitrogens with zero attached hydrogens (tertiary/aromatic N) is 2. The summed E-state index contributed by atoms with van der Waals surface area (Å²) < 4.78 is 10.9. The van der Waals surface area contributed by atoms with Crippen LogP contribution in [0.3, 0.4) is 0 Å². The number of anilines is 1. The zero-order chi connectivity index (χ0) is 13.9. The van der Waals surface area contributed by atoms with Gasteiger partial charge in [0.05, 0.1) is 13.2 Å².